The molecule has 4 rings (SSSR count). The first kappa shape index (κ1) is 16.6. The normalized spacial score (nSPS) is 11.0. The molecular weight excluding hydrogens is 480 g/mol. The zero-order valence-electron chi connectivity index (χ0n) is 13.2. The van der Waals surface area contributed by atoms with Gasteiger partial charge >= 0.3 is 0 Å². The maximum absolute atomic E-state index is 5.82. The van der Waals surface area contributed by atoms with Gasteiger partial charge in [-0.2, -0.15) is 5.10 Å². The van der Waals surface area contributed by atoms with E-state index in [0.717, 1.165) is 22.5 Å². The molecule has 5 nitrogen and oxygen atoms in total. The standard InChI is InChI=1S/C18H15N4O.Ir/c1-12(2)22-11-19-21-17(22)14-8-9-16-15(10-14)20-18(23-16)13-6-4-3-5-7-13;/h3-7,9-12H,1-2H3;/q-1;. The fourth-order valence-corrected chi connectivity index (χ4v) is 2.52. The predicted octanol–water partition coefficient (Wildman–Crippen LogP) is 4.13. The topological polar surface area (TPSA) is 56.7 Å². The van der Waals surface area contributed by atoms with Crippen molar-refractivity contribution in [2.24, 2.45) is 0 Å². The summed E-state index contributed by atoms with van der Waals surface area (Å²) in [6.45, 7) is 4.18. The molecule has 0 fully saturated rings. The number of rotatable bonds is 3. The SMILES string of the molecule is CC(C)n1cnnc1-c1[c-]cc2oc(-c3ccccc3)nc2c1.[Ir]. The summed E-state index contributed by atoms with van der Waals surface area (Å²) < 4.78 is 7.83. The molecule has 0 amide bonds. The molecule has 0 unspecified atom stereocenters. The molecule has 0 saturated carbocycles. The first-order valence-electron chi connectivity index (χ1n) is 7.50. The molecule has 0 aliphatic rings. The van der Waals surface area contributed by atoms with Gasteiger partial charge in [0.25, 0.3) is 0 Å². The van der Waals surface area contributed by atoms with Crippen molar-refractivity contribution in [3.63, 3.8) is 0 Å². The van der Waals surface area contributed by atoms with Crippen molar-refractivity contribution < 1.29 is 24.5 Å². The van der Waals surface area contributed by atoms with E-state index in [2.05, 4.69) is 35.1 Å². The summed E-state index contributed by atoms with van der Waals surface area (Å²) >= 11 is 0. The minimum atomic E-state index is 0. The monoisotopic (exact) mass is 496 g/mol. The molecule has 2 heterocycles. The average Bonchev–Trinajstić information content (AvgIpc) is 3.21. The van der Waals surface area contributed by atoms with Crippen LogP contribution in [0.1, 0.15) is 19.9 Å². The van der Waals surface area contributed by atoms with Gasteiger partial charge in [0.1, 0.15) is 6.33 Å². The van der Waals surface area contributed by atoms with E-state index < -0.39 is 0 Å². The second-order valence-corrected chi connectivity index (χ2v) is 5.64. The van der Waals surface area contributed by atoms with Gasteiger partial charge in [-0.25, -0.2) is 4.98 Å². The van der Waals surface area contributed by atoms with Gasteiger partial charge in [0.2, 0.25) is 5.89 Å². The summed E-state index contributed by atoms with van der Waals surface area (Å²) in [6, 6.07) is 17.1. The molecule has 2 aromatic heterocycles. The molecule has 0 aliphatic carbocycles. The Morgan fingerprint density at radius 2 is 1.96 bits per heavy atom. The van der Waals surface area contributed by atoms with Gasteiger partial charge in [0.15, 0.2) is 0 Å². The van der Waals surface area contributed by atoms with Crippen LogP contribution in [0.4, 0.5) is 0 Å². The zero-order chi connectivity index (χ0) is 15.8. The van der Waals surface area contributed by atoms with Crippen LogP contribution in [-0.4, -0.2) is 19.7 Å². The van der Waals surface area contributed by atoms with Crippen molar-refractivity contribution in [2.45, 2.75) is 19.9 Å². The van der Waals surface area contributed by atoms with Crippen molar-refractivity contribution >= 4 is 11.1 Å². The average molecular weight is 496 g/mol. The van der Waals surface area contributed by atoms with E-state index in [1.165, 1.54) is 0 Å². The summed E-state index contributed by atoms with van der Waals surface area (Å²) in [6.07, 6.45) is 1.73. The van der Waals surface area contributed by atoms with Crippen LogP contribution in [0.25, 0.3) is 33.9 Å². The van der Waals surface area contributed by atoms with Crippen LogP contribution in [0.15, 0.2) is 53.2 Å². The van der Waals surface area contributed by atoms with Gasteiger partial charge in [-0.3, -0.25) is 0 Å². The van der Waals surface area contributed by atoms with E-state index >= 15 is 0 Å². The number of benzene rings is 2. The first-order chi connectivity index (χ1) is 11.2. The van der Waals surface area contributed by atoms with Crippen LogP contribution < -0.4 is 0 Å². The largest absolute Gasteiger partial charge is 0.484 e. The first-order valence-corrected chi connectivity index (χ1v) is 7.50. The van der Waals surface area contributed by atoms with Crippen LogP contribution in [0, 0.1) is 6.07 Å². The number of oxazole rings is 1. The van der Waals surface area contributed by atoms with Gasteiger partial charge in [-0.05, 0) is 26.0 Å². The molecule has 0 atom stereocenters. The smallest absolute Gasteiger partial charge is 0.216 e. The van der Waals surface area contributed by atoms with E-state index in [1.54, 1.807) is 6.33 Å². The third kappa shape index (κ3) is 2.90. The summed E-state index contributed by atoms with van der Waals surface area (Å²) in [7, 11) is 0. The Balaban J connectivity index is 0.00000169. The van der Waals surface area contributed by atoms with Gasteiger partial charge in [-0.15, -0.1) is 28.9 Å². The Bertz CT molecular complexity index is 959. The maximum atomic E-state index is 5.82. The minimum Gasteiger partial charge on any atom is -0.484 e. The van der Waals surface area contributed by atoms with Gasteiger partial charge in [0.05, 0.1) is 11.4 Å². The molecule has 123 valence electrons. The van der Waals surface area contributed by atoms with Crippen molar-refractivity contribution in [3.05, 3.63) is 54.9 Å². The van der Waals surface area contributed by atoms with Crippen molar-refractivity contribution in [1.82, 2.24) is 19.7 Å². The van der Waals surface area contributed by atoms with Crippen LogP contribution in [0.5, 0.6) is 0 Å². The quantitative estimate of drug-likeness (QED) is 0.401. The Hall–Kier alpha value is -2.30. The molecule has 0 saturated heterocycles. The van der Waals surface area contributed by atoms with E-state index in [4.69, 9.17) is 4.42 Å². The van der Waals surface area contributed by atoms with Crippen molar-refractivity contribution in [1.29, 1.82) is 0 Å². The van der Waals surface area contributed by atoms with Gasteiger partial charge in [-0.1, -0.05) is 18.2 Å². The second-order valence-electron chi connectivity index (χ2n) is 5.64. The van der Waals surface area contributed by atoms with E-state index in [9.17, 15) is 0 Å². The summed E-state index contributed by atoms with van der Waals surface area (Å²) in [4.78, 5) is 4.58. The Morgan fingerprint density at radius 3 is 2.71 bits per heavy atom. The van der Waals surface area contributed by atoms with Crippen molar-refractivity contribution in [3.8, 4) is 22.8 Å². The fraction of sp³-hybridized carbons (Fsp3) is 0.167. The van der Waals surface area contributed by atoms with Crippen molar-refractivity contribution in [2.75, 3.05) is 0 Å². The van der Waals surface area contributed by atoms with Crippen LogP contribution >= 0.6 is 0 Å². The van der Waals surface area contributed by atoms with E-state index in [0.29, 0.717) is 11.5 Å². The Labute approximate surface area is 153 Å². The summed E-state index contributed by atoms with van der Waals surface area (Å²) in [5, 5.41) is 8.20. The molecule has 0 aliphatic heterocycles. The Morgan fingerprint density at radius 1 is 1.17 bits per heavy atom. The van der Waals surface area contributed by atoms with Crippen LogP contribution in [-0.2, 0) is 20.1 Å². The van der Waals surface area contributed by atoms with Gasteiger partial charge < -0.3 is 8.98 Å². The predicted molar refractivity (Wildman–Crippen MR) is 87.7 cm³/mol. The molecular formula is C18H15IrN4O-. The number of hydrogen-bond donors (Lipinski definition) is 0. The molecule has 0 spiro atoms. The molecule has 0 bridgehead atoms. The fourth-order valence-electron chi connectivity index (χ4n) is 2.52. The van der Waals surface area contributed by atoms with Crippen LogP contribution in [0.2, 0.25) is 0 Å². The number of nitrogens with zero attached hydrogens (tertiary/aromatic N) is 4. The Kier molecular flexibility index (Phi) is 4.60. The molecule has 1 radical (unpaired) electrons. The minimum absolute atomic E-state index is 0. The van der Waals surface area contributed by atoms with Gasteiger partial charge in [0, 0.05) is 37.2 Å². The number of aromatic nitrogens is 4. The van der Waals surface area contributed by atoms with E-state index in [-0.39, 0.29) is 26.1 Å². The zero-order valence-corrected chi connectivity index (χ0v) is 15.6. The summed E-state index contributed by atoms with van der Waals surface area (Å²) in [5.74, 6) is 1.39. The maximum Gasteiger partial charge on any atom is 0.216 e. The molecule has 0 N–H and O–H groups in total. The number of fused-ring (bicyclic) bond motifs is 1. The second kappa shape index (κ2) is 6.67. The summed E-state index contributed by atoms with van der Waals surface area (Å²) in [5.41, 5.74) is 3.31. The molecule has 24 heavy (non-hydrogen) atoms. The third-order valence-electron chi connectivity index (χ3n) is 3.71. The third-order valence-corrected chi connectivity index (χ3v) is 3.71. The number of hydrogen-bond acceptors (Lipinski definition) is 4. The van der Waals surface area contributed by atoms with E-state index in [1.807, 2.05) is 47.0 Å². The molecule has 2 aromatic carbocycles. The van der Waals surface area contributed by atoms with Crippen LogP contribution in [0.3, 0.4) is 0 Å². The molecule has 4 aromatic rings. The molecule has 6 heteroatoms.